The van der Waals surface area contributed by atoms with Crippen molar-refractivity contribution in [1.29, 1.82) is 0 Å². The number of benzene rings is 2. The molecular weight excluding hydrogens is 260 g/mol. The molecular formula is C19H22O2. The smallest absolute Gasteiger partial charge is 0.338 e. The average molecular weight is 282 g/mol. The highest BCUT2D eigenvalue weighted by molar-refractivity contribution is 5.95. The van der Waals surface area contributed by atoms with Crippen molar-refractivity contribution in [2.45, 2.75) is 51.6 Å². The summed E-state index contributed by atoms with van der Waals surface area (Å²) in [5, 5.41) is 2.27. The summed E-state index contributed by atoms with van der Waals surface area (Å²) in [5.41, 5.74) is 1.70. The number of hydrogen-bond acceptors (Lipinski definition) is 2. The summed E-state index contributed by atoms with van der Waals surface area (Å²) in [5.74, 6) is -0.194. The van der Waals surface area contributed by atoms with Crippen LogP contribution in [0.4, 0.5) is 0 Å². The Morgan fingerprint density at radius 3 is 2.48 bits per heavy atom. The lowest BCUT2D eigenvalue weighted by Crippen LogP contribution is -2.28. The minimum absolute atomic E-state index is 0.194. The van der Waals surface area contributed by atoms with E-state index in [1.54, 1.807) is 0 Å². The van der Waals surface area contributed by atoms with E-state index in [1.807, 2.05) is 25.1 Å². The molecule has 0 unspecified atom stereocenters. The number of fused-ring (bicyclic) bond motifs is 1. The molecule has 2 nitrogen and oxygen atoms in total. The summed E-state index contributed by atoms with van der Waals surface area (Å²) in [6.45, 7) is 4.20. The molecule has 110 valence electrons. The van der Waals surface area contributed by atoms with E-state index < -0.39 is 0 Å². The molecule has 0 heterocycles. The number of hydrogen-bond donors (Lipinski definition) is 0. The van der Waals surface area contributed by atoms with E-state index in [0.29, 0.717) is 5.56 Å². The summed E-state index contributed by atoms with van der Waals surface area (Å²) in [6, 6.07) is 12.2. The number of aryl methyl sites for hydroxylation is 1. The zero-order chi connectivity index (χ0) is 14.9. The van der Waals surface area contributed by atoms with Gasteiger partial charge >= 0.3 is 5.97 Å². The number of ether oxygens (including phenoxy) is 1. The summed E-state index contributed by atoms with van der Waals surface area (Å²) >= 11 is 0. The van der Waals surface area contributed by atoms with Gasteiger partial charge in [0.2, 0.25) is 0 Å². The summed E-state index contributed by atoms with van der Waals surface area (Å²) in [4.78, 5) is 12.4. The Morgan fingerprint density at radius 1 is 1.10 bits per heavy atom. The van der Waals surface area contributed by atoms with Gasteiger partial charge in [-0.25, -0.2) is 4.79 Å². The molecule has 1 aliphatic rings. The monoisotopic (exact) mass is 282 g/mol. The van der Waals surface area contributed by atoms with E-state index >= 15 is 0 Å². The van der Waals surface area contributed by atoms with Gasteiger partial charge in [0.05, 0.1) is 5.56 Å². The van der Waals surface area contributed by atoms with E-state index in [-0.39, 0.29) is 11.6 Å². The Hall–Kier alpha value is -1.83. The molecule has 0 saturated heterocycles. The van der Waals surface area contributed by atoms with E-state index in [1.165, 1.54) is 10.9 Å². The van der Waals surface area contributed by atoms with Gasteiger partial charge in [0.1, 0.15) is 5.60 Å². The van der Waals surface area contributed by atoms with Gasteiger partial charge in [0.25, 0.3) is 0 Å². The van der Waals surface area contributed by atoms with Crippen molar-refractivity contribution >= 4 is 16.7 Å². The van der Waals surface area contributed by atoms with E-state index in [9.17, 15) is 4.79 Å². The molecule has 0 spiro atoms. The van der Waals surface area contributed by atoms with Crippen molar-refractivity contribution in [2.24, 2.45) is 0 Å². The third-order valence-corrected chi connectivity index (χ3v) is 4.55. The first-order valence-electron chi connectivity index (χ1n) is 7.86. The topological polar surface area (TPSA) is 26.3 Å². The zero-order valence-corrected chi connectivity index (χ0v) is 12.8. The lowest BCUT2D eigenvalue weighted by atomic mass is 10.0. The van der Waals surface area contributed by atoms with Gasteiger partial charge in [0.15, 0.2) is 0 Å². The Kier molecular flexibility index (Phi) is 3.71. The summed E-state index contributed by atoms with van der Waals surface area (Å²) < 4.78 is 5.74. The fourth-order valence-corrected chi connectivity index (χ4v) is 3.15. The SMILES string of the molecule is CCc1ccc2cc(C(=O)OC3(C)CCCC3)ccc2c1. The summed E-state index contributed by atoms with van der Waals surface area (Å²) in [7, 11) is 0. The Bertz CT molecular complexity index is 666. The molecule has 0 aromatic heterocycles. The molecule has 21 heavy (non-hydrogen) atoms. The van der Waals surface area contributed by atoms with Crippen LogP contribution in [0.1, 0.15) is 55.5 Å². The number of carbonyl (C=O) groups excluding carboxylic acids is 1. The normalized spacial score (nSPS) is 17.0. The molecule has 0 aliphatic heterocycles. The van der Waals surface area contributed by atoms with E-state index in [4.69, 9.17) is 4.74 Å². The molecule has 0 atom stereocenters. The Labute approximate surface area is 126 Å². The molecule has 0 radical (unpaired) electrons. The van der Waals surface area contributed by atoms with Gasteiger partial charge in [-0.3, -0.25) is 0 Å². The van der Waals surface area contributed by atoms with Gasteiger partial charge in [-0.05, 0) is 67.5 Å². The number of rotatable bonds is 3. The molecule has 0 N–H and O–H groups in total. The van der Waals surface area contributed by atoms with Gasteiger partial charge < -0.3 is 4.74 Å². The van der Waals surface area contributed by atoms with Crippen LogP contribution in [-0.4, -0.2) is 11.6 Å². The fraction of sp³-hybridized carbons (Fsp3) is 0.421. The maximum absolute atomic E-state index is 12.4. The van der Waals surface area contributed by atoms with Gasteiger partial charge in [-0.15, -0.1) is 0 Å². The highest BCUT2D eigenvalue weighted by Gasteiger charge is 2.32. The fourth-order valence-electron chi connectivity index (χ4n) is 3.15. The predicted octanol–water partition coefficient (Wildman–Crippen LogP) is 4.89. The second-order valence-electron chi connectivity index (χ2n) is 6.30. The zero-order valence-electron chi connectivity index (χ0n) is 12.8. The number of esters is 1. The summed E-state index contributed by atoms with van der Waals surface area (Å²) in [6.07, 6.45) is 5.29. The molecule has 2 aromatic carbocycles. The van der Waals surface area contributed by atoms with Crippen molar-refractivity contribution in [3.63, 3.8) is 0 Å². The van der Waals surface area contributed by atoms with Crippen LogP contribution in [0.25, 0.3) is 10.8 Å². The number of carbonyl (C=O) groups is 1. The highest BCUT2D eigenvalue weighted by atomic mass is 16.6. The van der Waals surface area contributed by atoms with Crippen LogP contribution >= 0.6 is 0 Å². The average Bonchev–Trinajstić information content (AvgIpc) is 2.92. The Morgan fingerprint density at radius 2 is 1.76 bits per heavy atom. The third-order valence-electron chi connectivity index (χ3n) is 4.55. The molecule has 1 fully saturated rings. The van der Waals surface area contributed by atoms with Crippen LogP contribution in [0.2, 0.25) is 0 Å². The molecule has 0 amide bonds. The maximum atomic E-state index is 12.4. The first-order chi connectivity index (χ1) is 10.1. The minimum atomic E-state index is -0.266. The molecule has 3 rings (SSSR count). The van der Waals surface area contributed by atoms with Gasteiger partial charge in [-0.2, -0.15) is 0 Å². The first kappa shape index (κ1) is 14.1. The first-order valence-corrected chi connectivity index (χ1v) is 7.86. The van der Waals surface area contributed by atoms with Crippen LogP contribution in [-0.2, 0) is 11.2 Å². The molecule has 2 heteroatoms. The highest BCUT2D eigenvalue weighted by Crippen LogP contribution is 2.33. The van der Waals surface area contributed by atoms with Crippen molar-refractivity contribution in [1.82, 2.24) is 0 Å². The quantitative estimate of drug-likeness (QED) is 0.749. The van der Waals surface area contributed by atoms with Crippen molar-refractivity contribution in [3.8, 4) is 0 Å². The standard InChI is InChI=1S/C19H22O2/c1-3-14-6-7-16-13-17(9-8-15(16)12-14)18(20)21-19(2)10-4-5-11-19/h6-9,12-13H,3-5,10-11H2,1-2H3. The lowest BCUT2D eigenvalue weighted by molar-refractivity contribution is -0.00606. The second-order valence-corrected chi connectivity index (χ2v) is 6.30. The predicted molar refractivity (Wildman–Crippen MR) is 85.6 cm³/mol. The van der Waals surface area contributed by atoms with Crippen LogP contribution in [0.5, 0.6) is 0 Å². The second kappa shape index (κ2) is 5.51. The molecule has 0 bridgehead atoms. The Balaban J connectivity index is 1.85. The minimum Gasteiger partial charge on any atom is -0.456 e. The molecule has 1 saturated carbocycles. The van der Waals surface area contributed by atoms with Crippen molar-refractivity contribution in [3.05, 3.63) is 47.5 Å². The van der Waals surface area contributed by atoms with Crippen molar-refractivity contribution < 1.29 is 9.53 Å². The van der Waals surface area contributed by atoms with Crippen molar-refractivity contribution in [2.75, 3.05) is 0 Å². The largest absolute Gasteiger partial charge is 0.456 e. The van der Waals surface area contributed by atoms with Gasteiger partial charge in [0, 0.05) is 0 Å². The lowest BCUT2D eigenvalue weighted by Gasteiger charge is -2.24. The van der Waals surface area contributed by atoms with Crippen LogP contribution in [0.15, 0.2) is 36.4 Å². The maximum Gasteiger partial charge on any atom is 0.338 e. The molecule has 1 aliphatic carbocycles. The van der Waals surface area contributed by atoms with E-state index in [2.05, 4.69) is 25.1 Å². The van der Waals surface area contributed by atoms with E-state index in [0.717, 1.165) is 37.5 Å². The van der Waals surface area contributed by atoms with Crippen LogP contribution in [0.3, 0.4) is 0 Å². The molecule has 2 aromatic rings. The van der Waals surface area contributed by atoms with Crippen LogP contribution in [0, 0.1) is 0 Å². The van der Waals surface area contributed by atoms with Gasteiger partial charge in [-0.1, -0.05) is 31.2 Å². The van der Waals surface area contributed by atoms with Crippen LogP contribution < -0.4 is 0 Å². The third kappa shape index (κ3) is 2.94.